The molecule has 1 aliphatic carbocycles. The minimum atomic E-state index is -0.832. The zero-order chi connectivity index (χ0) is 14.4. The van der Waals surface area contributed by atoms with Crippen LogP contribution in [0.4, 0.5) is 0 Å². The zero-order valence-corrected chi connectivity index (χ0v) is 12.7. The lowest BCUT2D eigenvalue weighted by Crippen LogP contribution is -2.41. The summed E-state index contributed by atoms with van der Waals surface area (Å²) in [4.78, 5) is 16.9. The van der Waals surface area contributed by atoms with E-state index in [-0.39, 0.29) is 11.9 Å². The van der Waals surface area contributed by atoms with E-state index in [9.17, 15) is 10.1 Å². The molecular weight excluding hydrogens is 270 g/mol. The number of rotatable bonds is 4. The maximum Gasteiger partial charge on any atom is 0.241 e. The summed E-state index contributed by atoms with van der Waals surface area (Å²) in [6, 6.07) is 2.23. The van der Waals surface area contributed by atoms with Crippen LogP contribution in [0.15, 0.2) is 11.6 Å². The predicted molar refractivity (Wildman–Crippen MR) is 79.0 cm³/mol. The van der Waals surface area contributed by atoms with Crippen LogP contribution in [-0.2, 0) is 4.79 Å². The number of hydrogen-bond acceptors (Lipinski definition) is 4. The number of nitriles is 1. The van der Waals surface area contributed by atoms with Crippen LogP contribution < -0.4 is 5.32 Å². The average molecular weight is 291 g/mol. The molecular formula is C15H21N3OS. The highest BCUT2D eigenvalue weighted by Crippen LogP contribution is 2.35. The fraction of sp³-hybridized carbons (Fsp3) is 0.667. The molecule has 1 heterocycles. The molecule has 5 heteroatoms. The first-order chi connectivity index (χ1) is 9.72. The lowest BCUT2D eigenvalue weighted by atomic mass is 9.80. The molecule has 0 saturated heterocycles. The normalized spacial score (nSPS) is 19.6. The van der Waals surface area contributed by atoms with Crippen LogP contribution in [-0.4, -0.2) is 10.9 Å². The third-order valence-corrected chi connectivity index (χ3v) is 4.96. The minimum Gasteiger partial charge on any atom is -0.345 e. The van der Waals surface area contributed by atoms with E-state index < -0.39 is 5.41 Å². The molecule has 2 rings (SSSR count). The van der Waals surface area contributed by atoms with Crippen molar-refractivity contribution in [3.8, 4) is 6.07 Å². The number of amides is 1. The molecule has 108 valence electrons. The molecule has 0 radical (unpaired) electrons. The number of aromatic nitrogens is 1. The van der Waals surface area contributed by atoms with Crippen molar-refractivity contribution in [3.05, 3.63) is 16.6 Å². The summed E-state index contributed by atoms with van der Waals surface area (Å²) >= 11 is 1.55. The highest BCUT2D eigenvalue weighted by molar-refractivity contribution is 7.09. The number of nitrogens with zero attached hydrogens (tertiary/aromatic N) is 2. The molecule has 4 nitrogen and oxygen atoms in total. The Balaban J connectivity index is 2.10. The molecule has 1 amide bonds. The topological polar surface area (TPSA) is 65.8 Å². The Morgan fingerprint density at radius 3 is 2.70 bits per heavy atom. The summed E-state index contributed by atoms with van der Waals surface area (Å²) in [5.41, 5.74) is -0.832. The molecule has 1 unspecified atom stereocenters. The second-order valence-electron chi connectivity index (χ2n) is 5.41. The Hall–Kier alpha value is -1.41. The first-order valence-corrected chi connectivity index (χ1v) is 8.21. The van der Waals surface area contributed by atoms with Crippen molar-refractivity contribution in [2.24, 2.45) is 5.41 Å². The van der Waals surface area contributed by atoms with E-state index in [0.29, 0.717) is 12.8 Å². The standard InChI is InChI=1S/C15H21N3OS/c1-2-12(13-17-9-10-20-13)18-14(19)15(11-16)7-5-3-4-6-8-15/h9-10,12H,2-8H2,1H3,(H,18,19). The van der Waals surface area contributed by atoms with Crippen LogP contribution in [0, 0.1) is 16.7 Å². The lowest BCUT2D eigenvalue weighted by molar-refractivity contribution is -0.129. The van der Waals surface area contributed by atoms with Gasteiger partial charge >= 0.3 is 0 Å². The molecule has 1 aliphatic rings. The van der Waals surface area contributed by atoms with Crippen molar-refractivity contribution < 1.29 is 4.79 Å². The van der Waals surface area contributed by atoms with Gasteiger partial charge in [-0.05, 0) is 19.3 Å². The van der Waals surface area contributed by atoms with Crippen molar-refractivity contribution in [2.75, 3.05) is 0 Å². The Kier molecular flexibility index (Phi) is 5.13. The van der Waals surface area contributed by atoms with Gasteiger partial charge in [0.05, 0.1) is 12.1 Å². The maximum absolute atomic E-state index is 12.6. The van der Waals surface area contributed by atoms with E-state index in [1.54, 1.807) is 17.5 Å². The number of nitrogens with one attached hydrogen (secondary N) is 1. The van der Waals surface area contributed by atoms with Crippen LogP contribution >= 0.6 is 11.3 Å². The molecule has 0 aromatic carbocycles. The summed E-state index contributed by atoms with van der Waals surface area (Å²) in [7, 11) is 0. The summed E-state index contributed by atoms with van der Waals surface area (Å²) in [5.74, 6) is -0.107. The van der Waals surface area contributed by atoms with Crippen molar-refractivity contribution >= 4 is 17.2 Å². The molecule has 1 atom stereocenters. The van der Waals surface area contributed by atoms with Gasteiger partial charge in [-0.15, -0.1) is 11.3 Å². The molecule has 0 bridgehead atoms. The van der Waals surface area contributed by atoms with Crippen LogP contribution in [0.1, 0.15) is 62.9 Å². The molecule has 1 aromatic rings. The van der Waals surface area contributed by atoms with Crippen molar-refractivity contribution in [2.45, 2.75) is 57.9 Å². The van der Waals surface area contributed by atoms with E-state index in [1.807, 2.05) is 12.3 Å². The van der Waals surface area contributed by atoms with Gasteiger partial charge in [-0.25, -0.2) is 4.98 Å². The van der Waals surface area contributed by atoms with Gasteiger partial charge in [0, 0.05) is 11.6 Å². The third kappa shape index (κ3) is 3.18. The van der Waals surface area contributed by atoms with Crippen LogP contribution in [0.2, 0.25) is 0 Å². The largest absolute Gasteiger partial charge is 0.345 e. The molecule has 1 fully saturated rings. The van der Waals surface area contributed by atoms with E-state index in [2.05, 4.69) is 16.4 Å². The van der Waals surface area contributed by atoms with Gasteiger partial charge in [-0.3, -0.25) is 4.79 Å². The molecule has 1 N–H and O–H groups in total. The van der Waals surface area contributed by atoms with Gasteiger partial charge in [0.1, 0.15) is 10.4 Å². The maximum atomic E-state index is 12.6. The number of carbonyl (C=O) groups excluding carboxylic acids is 1. The summed E-state index contributed by atoms with van der Waals surface area (Å²) < 4.78 is 0. The predicted octanol–water partition coefficient (Wildman–Crippen LogP) is 3.57. The quantitative estimate of drug-likeness (QED) is 0.862. The molecule has 1 saturated carbocycles. The third-order valence-electron chi connectivity index (χ3n) is 4.07. The number of thiazole rings is 1. The Bertz CT molecular complexity index is 470. The van der Waals surface area contributed by atoms with Crippen molar-refractivity contribution in [1.29, 1.82) is 5.26 Å². The second kappa shape index (κ2) is 6.85. The van der Waals surface area contributed by atoms with Gasteiger partial charge in [0.2, 0.25) is 5.91 Å². The molecule has 1 aromatic heterocycles. The van der Waals surface area contributed by atoms with Gasteiger partial charge in [0.15, 0.2) is 0 Å². The van der Waals surface area contributed by atoms with Gasteiger partial charge in [0.25, 0.3) is 0 Å². The van der Waals surface area contributed by atoms with Crippen molar-refractivity contribution in [3.63, 3.8) is 0 Å². The smallest absolute Gasteiger partial charge is 0.241 e. The molecule has 0 spiro atoms. The highest BCUT2D eigenvalue weighted by atomic mass is 32.1. The van der Waals surface area contributed by atoms with E-state index in [4.69, 9.17) is 0 Å². The number of carbonyl (C=O) groups is 1. The van der Waals surface area contributed by atoms with Gasteiger partial charge < -0.3 is 5.32 Å². The summed E-state index contributed by atoms with van der Waals surface area (Å²) in [6.45, 7) is 2.03. The van der Waals surface area contributed by atoms with Gasteiger partial charge in [-0.1, -0.05) is 32.6 Å². The molecule has 20 heavy (non-hydrogen) atoms. The SMILES string of the molecule is CCC(NC(=O)C1(C#N)CCCCCC1)c1nccs1. The van der Waals surface area contributed by atoms with E-state index >= 15 is 0 Å². The van der Waals surface area contributed by atoms with Crippen LogP contribution in [0.5, 0.6) is 0 Å². The average Bonchev–Trinajstić information content (AvgIpc) is 2.89. The fourth-order valence-corrected chi connectivity index (χ4v) is 3.54. The first-order valence-electron chi connectivity index (χ1n) is 7.33. The Morgan fingerprint density at radius 1 is 1.50 bits per heavy atom. The van der Waals surface area contributed by atoms with Gasteiger partial charge in [-0.2, -0.15) is 5.26 Å². The monoisotopic (exact) mass is 291 g/mol. The lowest BCUT2D eigenvalue weighted by Gasteiger charge is -2.26. The van der Waals surface area contributed by atoms with Crippen LogP contribution in [0.3, 0.4) is 0 Å². The van der Waals surface area contributed by atoms with Crippen molar-refractivity contribution in [1.82, 2.24) is 10.3 Å². The Morgan fingerprint density at radius 2 is 2.20 bits per heavy atom. The highest BCUT2D eigenvalue weighted by Gasteiger charge is 2.39. The summed E-state index contributed by atoms with van der Waals surface area (Å²) in [6.07, 6.45) is 8.10. The fourth-order valence-electron chi connectivity index (χ4n) is 2.76. The summed E-state index contributed by atoms with van der Waals surface area (Å²) in [5, 5.41) is 15.4. The Labute approximate surface area is 124 Å². The first kappa shape index (κ1) is 15.0. The number of hydrogen-bond donors (Lipinski definition) is 1. The van der Waals surface area contributed by atoms with Crippen LogP contribution in [0.25, 0.3) is 0 Å². The minimum absolute atomic E-state index is 0.0732. The molecule has 0 aliphatic heterocycles. The van der Waals surface area contributed by atoms with E-state index in [0.717, 1.165) is 37.1 Å². The zero-order valence-electron chi connectivity index (χ0n) is 11.9. The second-order valence-corrected chi connectivity index (χ2v) is 6.34. The van der Waals surface area contributed by atoms with E-state index in [1.165, 1.54) is 0 Å².